The predicted octanol–water partition coefficient (Wildman–Crippen LogP) is 5.31. The molecule has 0 spiro atoms. The molecule has 38 heavy (non-hydrogen) atoms. The minimum atomic E-state index is -2.37. The molecule has 4 aliphatic rings. The van der Waals surface area contributed by atoms with Crippen molar-refractivity contribution < 1.29 is 46.9 Å². The highest BCUT2D eigenvalue weighted by Crippen LogP contribution is 2.71. The third-order valence-corrected chi connectivity index (χ3v) is 10.2. The third kappa shape index (κ3) is 3.68. The number of alkyl halides is 2. The van der Waals surface area contributed by atoms with Crippen LogP contribution in [0.3, 0.4) is 0 Å². The molecule has 0 saturated heterocycles. The number of aliphatic hydroxyl groups excluding tert-OH is 1. The number of rotatable bonds is 5. The fraction of sp³-hybridized carbons (Fsp3) is 0.750. The molecule has 0 heterocycles. The smallest absolute Gasteiger partial charge is 0.431 e. The Labute approximate surface area is 220 Å². The van der Waals surface area contributed by atoms with Gasteiger partial charge in [-0.15, -0.1) is 0 Å². The van der Waals surface area contributed by atoms with E-state index in [0.29, 0.717) is 0 Å². The molecule has 2 fully saturated rings. The fourth-order valence-corrected chi connectivity index (χ4v) is 7.79. The lowest BCUT2D eigenvalue weighted by molar-refractivity contribution is -0.230. The summed E-state index contributed by atoms with van der Waals surface area (Å²) >= 11 is 0. The Morgan fingerprint density at radius 2 is 1.87 bits per heavy atom. The van der Waals surface area contributed by atoms with Gasteiger partial charge in [0.2, 0.25) is 12.5 Å². The number of ketones is 1. The van der Waals surface area contributed by atoms with Gasteiger partial charge in [-0.2, -0.15) is 0 Å². The molecule has 1 unspecified atom stereocenters. The summed E-state index contributed by atoms with van der Waals surface area (Å²) in [6.45, 7) is 8.48. The number of carbonyl (C=O) groups excluding carboxylic acids is 3. The first kappa shape index (κ1) is 28.6. The Bertz CT molecular complexity index is 1090. The summed E-state index contributed by atoms with van der Waals surface area (Å²) in [6.07, 6.45) is -1.81. The first-order chi connectivity index (χ1) is 17.6. The lowest BCUT2D eigenvalue weighted by atomic mass is 9.45. The van der Waals surface area contributed by atoms with Crippen molar-refractivity contribution in [1.29, 1.82) is 0 Å². The van der Waals surface area contributed by atoms with E-state index in [1.165, 1.54) is 19.1 Å². The number of ether oxygens (including phenoxy) is 3. The molecule has 0 bridgehead atoms. The van der Waals surface area contributed by atoms with Crippen molar-refractivity contribution in [3.63, 3.8) is 0 Å². The Kier molecular flexibility index (Phi) is 7.07. The van der Waals surface area contributed by atoms with Crippen LogP contribution in [0.15, 0.2) is 23.6 Å². The van der Waals surface area contributed by atoms with Crippen LogP contribution >= 0.6 is 0 Å². The molecule has 1 N–H and O–H groups in total. The van der Waals surface area contributed by atoms with Crippen LogP contribution in [-0.2, 0) is 23.8 Å². The number of esters is 1. The van der Waals surface area contributed by atoms with E-state index in [2.05, 4.69) is 0 Å². The molecule has 0 aromatic carbocycles. The SMILES string of the molecule is CC(C)C(C)OC(=O)O[C@]1(C(=O)OCF)[C@H](C)C[C@H]2[C@@H]3CC(F)=C4CC(=O)C=C[C@]4(C)[C@@]3(F)[C@@H](O)C[C@@]21C. The predicted molar refractivity (Wildman–Crippen MR) is 130 cm³/mol. The zero-order valence-electron chi connectivity index (χ0n) is 22.7. The van der Waals surface area contributed by atoms with Gasteiger partial charge < -0.3 is 19.3 Å². The number of hydrogen-bond donors (Lipinski definition) is 1. The summed E-state index contributed by atoms with van der Waals surface area (Å²) in [6, 6.07) is 0. The molecule has 2 saturated carbocycles. The van der Waals surface area contributed by atoms with Gasteiger partial charge in [0.25, 0.3) is 0 Å². The molecule has 0 radical (unpaired) electrons. The van der Waals surface area contributed by atoms with Crippen LogP contribution in [0.1, 0.15) is 67.2 Å². The average molecular weight is 543 g/mol. The fourth-order valence-electron chi connectivity index (χ4n) is 7.79. The number of carbonyl (C=O) groups is 3. The Balaban J connectivity index is 1.82. The zero-order chi connectivity index (χ0) is 28.4. The monoisotopic (exact) mass is 542 g/mol. The van der Waals surface area contributed by atoms with E-state index < -0.39 is 83.3 Å². The molecule has 7 nitrogen and oxygen atoms in total. The molecule has 0 aromatic heterocycles. The van der Waals surface area contributed by atoms with Crippen molar-refractivity contribution in [2.75, 3.05) is 6.86 Å². The molecule has 10 heteroatoms. The first-order valence-corrected chi connectivity index (χ1v) is 13.2. The third-order valence-electron chi connectivity index (χ3n) is 10.2. The van der Waals surface area contributed by atoms with Crippen molar-refractivity contribution in [1.82, 2.24) is 0 Å². The second kappa shape index (κ2) is 9.38. The number of aliphatic hydroxyl groups is 1. The van der Waals surface area contributed by atoms with Gasteiger partial charge in [-0.25, -0.2) is 22.8 Å². The lowest BCUT2D eigenvalue weighted by Crippen LogP contribution is -2.70. The van der Waals surface area contributed by atoms with Gasteiger partial charge in [0, 0.05) is 35.5 Å². The van der Waals surface area contributed by atoms with E-state index in [0.717, 1.165) is 0 Å². The largest absolute Gasteiger partial charge is 0.509 e. The first-order valence-electron chi connectivity index (χ1n) is 13.2. The standard InChI is InChI=1S/C28H37F3O7/c1-14(2)16(4)37-24(35)38-28(23(34)36-13-29)15(3)9-18-19-11-21(30)20-10-17(32)7-8-25(20,5)27(19,31)22(33)12-26(18,28)6/h7-8,14-16,18-19,22,33H,9-13H2,1-6H3/t15-,16?,18+,19+,22+,25+,26+,27+,28+/m1/s1. The minimum absolute atomic E-state index is 0.0167. The van der Waals surface area contributed by atoms with E-state index in [-0.39, 0.29) is 36.5 Å². The highest BCUT2D eigenvalue weighted by Gasteiger charge is 2.78. The number of halogens is 3. The number of fused-ring (bicyclic) bond motifs is 5. The minimum Gasteiger partial charge on any atom is -0.431 e. The topological polar surface area (TPSA) is 99.1 Å². The second-order valence-electron chi connectivity index (χ2n) is 12.2. The summed E-state index contributed by atoms with van der Waals surface area (Å²) in [5.74, 6) is -4.88. The molecule has 0 aliphatic heterocycles. The second-order valence-corrected chi connectivity index (χ2v) is 12.2. The molecule has 212 valence electrons. The molecule has 9 atom stereocenters. The van der Waals surface area contributed by atoms with Gasteiger partial charge in [0.1, 0.15) is 11.9 Å². The van der Waals surface area contributed by atoms with Gasteiger partial charge in [-0.1, -0.05) is 33.8 Å². The number of allylic oxidation sites excluding steroid dienone is 4. The number of hydrogen-bond acceptors (Lipinski definition) is 7. The van der Waals surface area contributed by atoms with Crippen LogP contribution in [0.5, 0.6) is 0 Å². The average Bonchev–Trinajstić information content (AvgIpc) is 3.04. The lowest BCUT2D eigenvalue weighted by Gasteiger charge is -2.62. The van der Waals surface area contributed by atoms with Crippen molar-refractivity contribution in [3.8, 4) is 0 Å². The highest BCUT2D eigenvalue weighted by atomic mass is 19.1. The zero-order valence-corrected chi connectivity index (χ0v) is 22.7. The van der Waals surface area contributed by atoms with Crippen molar-refractivity contribution in [2.45, 2.75) is 90.7 Å². The Morgan fingerprint density at radius 3 is 2.47 bits per heavy atom. The van der Waals surface area contributed by atoms with Crippen LogP contribution in [0, 0.1) is 34.5 Å². The van der Waals surface area contributed by atoms with Crippen molar-refractivity contribution in [3.05, 3.63) is 23.6 Å². The van der Waals surface area contributed by atoms with Gasteiger partial charge in [-0.3, -0.25) is 4.79 Å². The Hall–Kier alpha value is -2.36. The summed E-state index contributed by atoms with van der Waals surface area (Å²) in [4.78, 5) is 38.4. The van der Waals surface area contributed by atoms with Crippen LogP contribution in [-0.4, -0.2) is 53.4 Å². The maximum Gasteiger partial charge on any atom is 0.509 e. The van der Waals surface area contributed by atoms with E-state index in [9.17, 15) is 23.9 Å². The van der Waals surface area contributed by atoms with E-state index >= 15 is 8.78 Å². The summed E-state index contributed by atoms with van der Waals surface area (Å²) in [5, 5.41) is 11.5. The maximum absolute atomic E-state index is 17.4. The molecular formula is C28H37F3O7. The highest BCUT2D eigenvalue weighted by molar-refractivity contribution is 5.93. The van der Waals surface area contributed by atoms with Crippen LogP contribution < -0.4 is 0 Å². The van der Waals surface area contributed by atoms with Crippen LogP contribution in [0.2, 0.25) is 0 Å². The normalized spacial score (nSPS) is 42.8. The van der Waals surface area contributed by atoms with Gasteiger partial charge in [0.05, 0.1) is 6.10 Å². The molecule has 4 rings (SSSR count). The Morgan fingerprint density at radius 1 is 1.21 bits per heavy atom. The van der Waals surface area contributed by atoms with Crippen LogP contribution in [0.25, 0.3) is 0 Å². The quantitative estimate of drug-likeness (QED) is 0.470. The summed E-state index contributed by atoms with van der Waals surface area (Å²) < 4.78 is 62.1. The van der Waals surface area contributed by atoms with Gasteiger partial charge >= 0.3 is 12.1 Å². The van der Waals surface area contributed by atoms with E-state index in [1.807, 2.05) is 13.8 Å². The van der Waals surface area contributed by atoms with Gasteiger partial charge in [0.15, 0.2) is 11.5 Å². The molecule has 0 aromatic rings. The molecule has 4 aliphatic carbocycles. The van der Waals surface area contributed by atoms with E-state index in [4.69, 9.17) is 14.2 Å². The molecule has 0 amide bonds. The van der Waals surface area contributed by atoms with Crippen molar-refractivity contribution >= 4 is 17.9 Å². The summed E-state index contributed by atoms with van der Waals surface area (Å²) in [7, 11) is 0. The maximum atomic E-state index is 17.4. The molecular weight excluding hydrogens is 505 g/mol. The van der Waals surface area contributed by atoms with Crippen LogP contribution in [0.4, 0.5) is 18.0 Å². The van der Waals surface area contributed by atoms with Crippen molar-refractivity contribution in [2.24, 2.45) is 34.5 Å². The summed E-state index contributed by atoms with van der Waals surface area (Å²) in [5.41, 5.74) is -7.50. The van der Waals surface area contributed by atoms with Gasteiger partial charge in [-0.05, 0) is 50.2 Å². The van der Waals surface area contributed by atoms with E-state index in [1.54, 1.807) is 20.8 Å².